The lowest BCUT2D eigenvalue weighted by atomic mass is 9.88. The predicted octanol–water partition coefficient (Wildman–Crippen LogP) is 5.81. The second kappa shape index (κ2) is 11.9. The molecular weight excluding hydrogens is 508 g/mol. The highest BCUT2D eigenvalue weighted by atomic mass is 19.3. The maximum absolute atomic E-state index is 14.6. The number of ether oxygens (including phenoxy) is 3. The first-order valence-corrected chi connectivity index (χ1v) is 13.6. The van der Waals surface area contributed by atoms with Gasteiger partial charge in [-0.2, -0.15) is 0 Å². The van der Waals surface area contributed by atoms with Crippen LogP contribution in [0.1, 0.15) is 64.4 Å². The number of rotatable bonds is 12. The van der Waals surface area contributed by atoms with E-state index in [9.17, 15) is 18.7 Å². The summed E-state index contributed by atoms with van der Waals surface area (Å²) in [6.07, 6.45) is 7.05. The third-order valence-corrected chi connectivity index (χ3v) is 7.73. The molecule has 1 aliphatic heterocycles. The van der Waals surface area contributed by atoms with E-state index in [1.54, 1.807) is 12.3 Å². The largest absolute Gasteiger partial charge is 0.483 e. The van der Waals surface area contributed by atoms with Crippen molar-refractivity contribution in [3.8, 4) is 17.5 Å². The third kappa shape index (κ3) is 7.48. The number of carboxylic acids is 1. The fraction of sp³-hybridized carbons (Fsp3) is 0.621. The molecule has 2 aromatic heterocycles. The minimum atomic E-state index is -3.01. The number of halogens is 2. The zero-order valence-corrected chi connectivity index (χ0v) is 23.2. The van der Waals surface area contributed by atoms with Gasteiger partial charge in [0.15, 0.2) is 12.4 Å². The molecule has 1 aliphatic carbocycles. The maximum Gasteiger partial charge on any atom is 0.303 e. The van der Waals surface area contributed by atoms with Crippen LogP contribution in [0.25, 0.3) is 0 Å². The average Bonchev–Trinajstić information content (AvgIpc) is 3.74. The smallest absolute Gasteiger partial charge is 0.303 e. The molecule has 1 saturated carbocycles. The van der Waals surface area contributed by atoms with Gasteiger partial charge >= 0.3 is 5.97 Å². The summed E-state index contributed by atoms with van der Waals surface area (Å²) in [5.41, 5.74) is 0.426. The van der Waals surface area contributed by atoms with E-state index < -0.39 is 23.9 Å². The number of piperidine rings is 1. The maximum atomic E-state index is 14.6. The van der Waals surface area contributed by atoms with Crippen LogP contribution < -0.4 is 19.1 Å². The molecule has 0 aromatic carbocycles. The van der Waals surface area contributed by atoms with Gasteiger partial charge in [0.05, 0.1) is 32.0 Å². The van der Waals surface area contributed by atoms with Gasteiger partial charge in [0.1, 0.15) is 0 Å². The third-order valence-electron chi connectivity index (χ3n) is 7.73. The Hall–Kier alpha value is -3.17. The van der Waals surface area contributed by atoms with Crippen LogP contribution >= 0.6 is 0 Å². The van der Waals surface area contributed by atoms with Gasteiger partial charge in [-0.15, -0.1) is 0 Å². The van der Waals surface area contributed by atoms with E-state index in [2.05, 4.69) is 14.9 Å². The first-order valence-electron chi connectivity index (χ1n) is 13.6. The standard InChI is InChI=1S/C29H39F2N3O5/c1-28(2,3)29(30,31)18-39-24-16-33-25(37-4)15-23(24)34-11-8-19(9-12-34)17-38-26-13-21(7-10-32-26)22(14-27(35)36)20-5-6-20/h7,10,13,15-16,19-20,22H,5-6,8-9,11-12,14,17-18H2,1-4H3,(H,35,36). The molecule has 0 amide bonds. The number of aromatic nitrogens is 2. The van der Waals surface area contributed by atoms with E-state index in [-0.39, 0.29) is 12.3 Å². The topological polar surface area (TPSA) is 94.0 Å². The summed E-state index contributed by atoms with van der Waals surface area (Å²) in [5, 5.41) is 9.31. The summed E-state index contributed by atoms with van der Waals surface area (Å²) >= 11 is 0. The molecule has 39 heavy (non-hydrogen) atoms. The first-order chi connectivity index (χ1) is 18.5. The van der Waals surface area contributed by atoms with Crippen LogP contribution in [0.4, 0.5) is 14.5 Å². The summed E-state index contributed by atoms with van der Waals surface area (Å²) in [7, 11) is 1.52. The minimum absolute atomic E-state index is 0.00629. The second-order valence-electron chi connectivity index (χ2n) is 11.6. The van der Waals surface area contributed by atoms with Crippen LogP contribution in [0.15, 0.2) is 30.6 Å². The molecule has 214 valence electrons. The van der Waals surface area contributed by atoms with Gasteiger partial charge in [-0.1, -0.05) is 20.8 Å². The highest BCUT2D eigenvalue weighted by molar-refractivity contribution is 5.68. The van der Waals surface area contributed by atoms with Crippen molar-refractivity contribution in [2.24, 2.45) is 17.3 Å². The molecule has 4 rings (SSSR count). The molecule has 1 atom stereocenters. The van der Waals surface area contributed by atoms with Crippen molar-refractivity contribution in [1.29, 1.82) is 0 Å². The number of aliphatic carboxylic acids is 1. The van der Waals surface area contributed by atoms with Crippen LogP contribution in [0.5, 0.6) is 17.5 Å². The van der Waals surface area contributed by atoms with Gasteiger partial charge < -0.3 is 24.2 Å². The number of nitrogens with zero attached hydrogens (tertiary/aromatic N) is 3. The van der Waals surface area contributed by atoms with E-state index in [1.165, 1.54) is 34.1 Å². The van der Waals surface area contributed by atoms with Crippen LogP contribution in [0.3, 0.4) is 0 Å². The molecule has 1 N–H and O–H groups in total. The molecule has 0 radical (unpaired) electrons. The summed E-state index contributed by atoms with van der Waals surface area (Å²) in [6.45, 7) is 5.63. The normalized spacial score (nSPS) is 17.5. The summed E-state index contributed by atoms with van der Waals surface area (Å²) in [4.78, 5) is 21.9. The van der Waals surface area contributed by atoms with Crippen molar-refractivity contribution in [2.45, 2.75) is 64.7 Å². The summed E-state index contributed by atoms with van der Waals surface area (Å²) in [5.74, 6) is -1.88. The highest BCUT2D eigenvalue weighted by Gasteiger charge is 2.44. The molecule has 1 saturated heterocycles. The number of methoxy groups -OCH3 is 1. The van der Waals surface area contributed by atoms with Gasteiger partial charge in [-0.05, 0) is 55.1 Å². The lowest BCUT2D eigenvalue weighted by Crippen LogP contribution is -2.40. The van der Waals surface area contributed by atoms with E-state index >= 15 is 0 Å². The fourth-order valence-corrected chi connectivity index (χ4v) is 4.79. The molecule has 2 fully saturated rings. The van der Waals surface area contributed by atoms with Crippen molar-refractivity contribution in [3.63, 3.8) is 0 Å². The molecule has 1 unspecified atom stereocenters. The molecule has 0 bridgehead atoms. The Morgan fingerprint density at radius 2 is 1.82 bits per heavy atom. The van der Waals surface area contributed by atoms with Crippen molar-refractivity contribution in [1.82, 2.24) is 9.97 Å². The van der Waals surface area contributed by atoms with Crippen molar-refractivity contribution in [3.05, 3.63) is 36.2 Å². The zero-order chi connectivity index (χ0) is 28.2. The van der Waals surface area contributed by atoms with Crippen molar-refractivity contribution >= 4 is 11.7 Å². The number of hydrogen-bond acceptors (Lipinski definition) is 7. The van der Waals surface area contributed by atoms with Gasteiger partial charge in [0.2, 0.25) is 11.8 Å². The van der Waals surface area contributed by atoms with Gasteiger partial charge in [-0.25, -0.2) is 18.7 Å². The van der Waals surface area contributed by atoms with E-state index in [4.69, 9.17) is 14.2 Å². The average molecular weight is 548 g/mol. The Bertz CT molecular complexity index is 1130. The lowest BCUT2D eigenvalue weighted by molar-refractivity contribution is -0.137. The highest BCUT2D eigenvalue weighted by Crippen LogP contribution is 2.45. The number of carboxylic acid groups (broad SMARTS) is 1. The van der Waals surface area contributed by atoms with Gasteiger partial charge in [0, 0.05) is 36.8 Å². The predicted molar refractivity (Wildman–Crippen MR) is 143 cm³/mol. The second-order valence-corrected chi connectivity index (χ2v) is 11.6. The Balaban J connectivity index is 1.35. The number of carbonyl (C=O) groups is 1. The lowest BCUT2D eigenvalue weighted by Gasteiger charge is -2.35. The number of alkyl halides is 2. The molecule has 10 heteroatoms. The summed E-state index contributed by atoms with van der Waals surface area (Å²) < 4.78 is 46.0. The molecule has 2 aromatic rings. The van der Waals surface area contributed by atoms with E-state index in [0.29, 0.717) is 54.7 Å². The van der Waals surface area contributed by atoms with Gasteiger partial charge in [-0.3, -0.25) is 4.79 Å². The first kappa shape index (κ1) is 28.8. The molecule has 0 spiro atoms. The Labute approximate surface area is 228 Å². The fourth-order valence-electron chi connectivity index (χ4n) is 4.79. The zero-order valence-electron chi connectivity index (χ0n) is 23.2. The van der Waals surface area contributed by atoms with Crippen LogP contribution in [0, 0.1) is 17.3 Å². The Morgan fingerprint density at radius 3 is 2.44 bits per heavy atom. The van der Waals surface area contributed by atoms with Crippen molar-refractivity contribution in [2.75, 3.05) is 38.3 Å². The molecule has 2 aliphatic rings. The van der Waals surface area contributed by atoms with Crippen LogP contribution in [0.2, 0.25) is 0 Å². The Kier molecular flexibility index (Phi) is 8.81. The minimum Gasteiger partial charge on any atom is -0.483 e. The molecule has 3 heterocycles. The van der Waals surface area contributed by atoms with Crippen molar-refractivity contribution < 1.29 is 32.9 Å². The quantitative estimate of drug-likeness (QED) is 0.356. The van der Waals surface area contributed by atoms with Crippen LogP contribution in [-0.2, 0) is 4.79 Å². The number of pyridine rings is 2. The SMILES string of the molecule is COc1cc(N2CCC(COc3cc(C(CC(=O)O)C4CC4)ccn3)CC2)c(OCC(F)(F)C(C)(C)C)cn1. The Morgan fingerprint density at radius 1 is 1.10 bits per heavy atom. The molecular formula is C29H39F2N3O5. The number of hydrogen-bond donors (Lipinski definition) is 1. The van der Waals surface area contributed by atoms with E-state index in [0.717, 1.165) is 31.2 Å². The van der Waals surface area contributed by atoms with E-state index in [1.807, 2.05) is 12.1 Å². The van der Waals surface area contributed by atoms with Gasteiger partial charge in [0.25, 0.3) is 5.92 Å². The number of anilines is 1. The molecule has 8 nitrogen and oxygen atoms in total. The monoisotopic (exact) mass is 547 g/mol. The van der Waals surface area contributed by atoms with Crippen LogP contribution in [-0.4, -0.2) is 60.4 Å². The summed E-state index contributed by atoms with van der Waals surface area (Å²) in [6, 6.07) is 5.49.